The third-order valence-corrected chi connectivity index (χ3v) is 2.70. The van der Waals surface area contributed by atoms with Gasteiger partial charge in [0.1, 0.15) is 11.4 Å². The largest absolute Gasteiger partial charge is 0.494 e. The summed E-state index contributed by atoms with van der Waals surface area (Å²) < 4.78 is 10.9. The van der Waals surface area contributed by atoms with Crippen LogP contribution in [0.5, 0.6) is 5.75 Å². The molecule has 1 aromatic rings. The normalized spacial score (nSPS) is 11.3. The van der Waals surface area contributed by atoms with Crippen molar-refractivity contribution in [2.75, 3.05) is 6.61 Å². The van der Waals surface area contributed by atoms with Crippen LogP contribution < -0.4 is 10.1 Å². The molecule has 0 aliphatic heterocycles. The second-order valence-electron chi connectivity index (χ2n) is 6.53. The predicted octanol–water partition coefficient (Wildman–Crippen LogP) is 4.14. The molecule has 1 rings (SSSR count). The molecule has 118 valence electrons. The molecular weight excluding hydrogens is 266 g/mol. The quantitative estimate of drug-likeness (QED) is 0.857. The van der Waals surface area contributed by atoms with E-state index in [1.807, 2.05) is 45.0 Å². The maximum Gasteiger partial charge on any atom is 0.407 e. The van der Waals surface area contributed by atoms with E-state index in [2.05, 4.69) is 19.2 Å². The number of amides is 1. The zero-order valence-electron chi connectivity index (χ0n) is 13.7. The van der Waals surface area contributed by atoms with Gasteiger partial charge < -0.3 is 14.8 Å². The summed E-state index contributed by atoms with van der Waals surface area (Å²) >= 11 is 0. The van der Waals surface area contributed by atoms with Gasteiger partial charge in [0.05, 0.1) is 6.61 Å². The van der Waals surface area contributed by atoms with E-state index < -0.39 is 11.7 Å². The van der Waals surface area contributed by atoms with E-state index in [4.69, 9.17) is 9.47 Å². The SMILES string of the molecule is CC(C)CCOc1cccc(CNC(=O)OC(C)(C)C)c1. The van der Waals surface area contributed by atoms with Gasteiger partial charge in [-0.25, -0.2) is 4.79 Å². The van der Waals surface area contributed by atoms with E-state index in [1.165, 1.54) is 0 Å². The lowest BCUT2D eigenvalue weighted by Crippen LogP contribution is -2.32. The molecule has 1 amide bonds. The van der Waals surface area contributed by atoms with Gasteiger partial charge in [0.25, 0.3) is 0 Å². The van der Waals surface area contributed by atoms with Gasteiger partial charge in [-0.2, -0.15) is 0 Å². The van der Waals surface area contributed by atoms with E-state index in [9.17, 15) is 4.79 Å². The maximum atomic E-state index is 11.6. The average molecular weight is 293 g/mol. The Bertz CT molecular complexity index is 450. The Morgan fingerprint density at radius 2 is 2.00 bits per heavy atom. The van der Waals surface area contributed by atoms with Crippen molar-refractivity contribution in [2.24, 2.45) is 5.92 Å². The van der Waals surface area contributed by atoms with Crippen LogP contribution in [0.15, 0.2) is 24.3 Å². The lowest BCUT2D eigenvalue weighted by Gasteiger charge is -2.19. The highest BCUT2D eigenvalue weighted by molar-refractivity contribution is 5.67. The van der Waals surface area contributed by atoms with Crippen LogP contribution in [0.25, 0.3) is 0 Å². The number of nitrogens with one attached hydrogen (secondary N) is 1. The van der Waals surface area contributed by atoms with Crippen LogP contribution in [0.1, 0.15) is 46.6 Å². The van der Waals surface area contributed by atoms with Crippen molar-refractivity contribution in [1.82, 2.24) is 5.32 Å². The topological polar surface area (TPSA) is 47.6 Å². The van der Waals surface area contributed by atoms with Crippen molar-refractivity contribution >= 4 is 6.09 Å². The van der Waals surface area contributed by atoms with Crippen LogP contribution in [0.4, 0.5) is 4.79 Å². The van der Waals surface area contributed by atoms with Gasteiger partial charge in [0.2, 0.25) is 0 Å². The van der Waals surface area contributed by atoms with E-state index in [-0.39, 0.29) is 0 Å². The first-order valence-corrected chi connectivity index (χ1v) is 7.45. The van der Waals surface area contributed by atoms with Crippen molar-refractivity contribution in [3.05, 3.63) is 29.8 Å². The van der Waals surface area contributed by atoms with E-state index in [1.54, 1.807) is 0 Å². The van der Waals surface area contributed by atoms with Crippen LogP contribution in [0.2, 0.25) is 0 Å². The van der Waals surface area contributed by atoms with Gasteiger partial charge in [-0.3, -0.25) is 0 Å². The number of rotatable bonds is 6. The summed E-state index contributed by atoms with van der Waals surface area (Å²) in [5.74, 6) is 1.46. The molecule has 0 spiro atoms. The number of hydrogen-bond donors (Lipinski definition) is 1. The standard InChI is InChI=1S/C17H27NO3/c1-13(2)9-10-20-15-8-6-7-14(11-15)12-18-16(19)21-17(3,4)5/h6-8,11,13H,9-10,12H2,1-5H3,(H,18,19). The zero-order chi connectivity index (χ0) is 15.9. The molecule has 0 atom stereocenters. The summed E-state index contributed by atoms with van der Waals surface area (Å²) in [6, 6.07) is 7.75. The predicted molar refractivity (Wildman–Crippen MR) is 84.5 cm³/mol. The Hall–Kier alpha value is -1.71. The minimum atomic E-state index is -0.480. The number of ether oxygens (including phenoxy) is 2. The van der Waals surface area contributed by atoms with Crippen molar-refractivity contribution in [1.29, 1.82) is 0 Å². The molecule has 4 nitrogen and oxygen atoms in total. The first kappa shape index (κ1) is 17.3. The molecule has 0 saturated carbocycles. The molecule has 0 fully saturated rings. The van der Waals surface area contributed by atoms with E-state index >= 15 is 0 Å². The molecule has 21 heavy (non-hydrogen) atoms. The summed E-state index contributed by atoms with van der Waals surface area (Å²) in [5, 5.41) is 2.74. The van der Waals surface area contributed by atoms with Crippen molar-refractivity contribution in [3.63, 3.8) is 0 Å². The van der Waals surface area contributed by atoms with Crippen molar-refractivity contribution in [2.45, 2.75) is 53.2 Å². The smallest absolute Gasteiger partial charge is 0.407 e. The Kier molecular flexibility index (Phi) is 6.53. The molecule has 0 saturated heterocycles. The van der Waals surface area contributed by atoms with Crippen molar-refractivity contribution < 1.29 is 14.3 Å². The van der Waals surface area contributed by atoms with Crippen molar-refractivity contribution in [3.8, 4) is 5.75 Å². The van der Waals surface area contributed by atoms with Gasteiger partial charge >= 0.3 is 6.09 Å². The summed E-state index contributed by atoms with van der Waals surface area (Å²) in [7, 11) is 0. The maximum absolute atomic E-state index is 11.6. The first-order valence-electron chi connectivity index (χ1n) is 7.45. The van der Waals surface area contributed by atoms with Crippen LogP contribution in [0.3, 0.4) is 0 Å². The Balaban J connectivity index is 2.43. The average Bonchev–Trinajstić information content (AvgIpc) is 2.34. The highest BCUT2D eigenvalue weighted by Gasteiger charge is 2.15. The lowest BCUT2D eigenvalue weighted by atomic mass is 10.1. The highest BCUT2D eigenvalue weighted by Crippen LogP contribution is 2.14. The summed E-state index contributed by atoms with van der Waals surface area (Å²) in [6.07, 6.45) is 0.619. The van der Waals surface area contributed by atoms with Gasteiger partial charge in [0.15, 0.2) is 0 Å². The number of benzene rings is 1. The Morgan fingerprint density at radius 1 is 1.29 bits per heavy atom. The summed E-state index contributed by atoms with van der Waals surface area (Å²) in [6.45, 7) is 11.0. The number of carbonyl (C=O) groups excluding carboxylic acids is 1. The molecule has 0 aliphatic rings. The molecule has 0 bridgehead atoms. The molecule has 1 N–H and O–H groups in total. The van der Waals surface area contributed by atoms with Gasteiger partial charge in [-0.05, 0) is 50.8 Å². The van der Waals surface area contributed by atoms with Gasteiger partial charge in [-0.15, -0.1) is 0 Å². The number of alkyl carbamates (subject to hydrolysis) is 1. The Labute approximate surface area is 127 Å². The van der Waals surface area contributed by atoms with Gasteiger partial charge in [0, 0.05) is 6.54 Å². The molecule has 0 aromatic heterocycles. The van der Waals surface area contributed by atoms with E-state index in [0.29, 0.717) is 19.1 Å². The fraction of sp³-hybridized carbons (Fsp3) is 0.588. The molecular formula is C17H27NO3. The highest BCUT2D eigenvalue weighted by atomic mass is 16.6. The molecule has 0 aliphatic carbocycles. The molecule has 0 radical (unpaired) electrons. The third-order valence-electron chi connectivity index (χ3n) is 2.70. The number of hydrogen-bond acceptors (Lipinski definition) is 3. The third kappa shape index (κ3) is 8.23. The first-order chi connectivity index (χ1) is 9.76. The Morgan fingerprint density at radius 3 is 2.62 bits per heavy atom. The van der Waals surface area contributed by atoms with Crippen LogP contribution in [0, 0.1) is 5.92 Å². The lowest BCUT2D eigenvalue weighted by molar-refractivity contribution is 0.0523. The fourth-order valence-electron chi connectivity index (χ4n) is 1.65. The monoisotopic (exact) mass is 293 g/mol. The summed E-state index contributed by atoms with van der Waals surface area (Å²) in [5.41, 5.74) is 0.509. The summed E-state index contributed by atoms with van der Waals surface area (Å²) in [4.78, 5) is 11.6. The van der Waals surface area contributed by atoms with Gasteiger partial charge in [-0.1, -0.05) is 26.0 Å². The van der Waals surface area contributed by atoms with Crippen LogP contribution in [-0.4, -0.2) is 18.3 Å². The second kappa shape index (κ2) is 7.91. The zero-order valence-corrected chi connectivity index (χ0v) is 13.7. The van der Waals surface area contributed by atoms with Crippen LogP contribution in [-0.2, 0) is 11.3 Å². The molecule has 4 heteroatoms. The minimum Gasteiger partial charge on any atom is -0.494 e. The molecule has 0 unspecified atom stereocenters. The van der Waals surface area contributed by atoms with Crippen LogP contribution >= 0.6 is 0 Å². The minimum absolute atomic E-state index is 0.409. The molecule has 0 heterocycles. The molecule has 1 aromatic carbocycles. The second-order valence-corrected chi connectivity index (χ2v) is 6.53. The number of carbonyl (C=O) groups is 1. The van der Waals surface area contributed by atoms with E-state index in [0.717, 1.165) is 17.7 Å². The fourth-order valence-corrected chi connectivity index (χ4v) is 1.65.